The van der Waals surface area contributed by atoms with E-state index >= 15 is 0 Å². The van der Waals surface area contributed by atoms with Crippen molar-refractivity contribution in [2.24, 2.45) is 0 Å². The summed E-state index contributed by atoms with van der Waals surface area (Å²) in [7, 11) is 6.94. The molecular weight excluding hydrogens is 300 g/mol. The van der Waals surface area contributed by atoms with Crippen LogP contribution in [0.1, 0.15) is 0 Å². The smallest absolute Gasteiger partial charge is 0.0897 e. The van der Waals surface area contributed by atoms with Gasteiger partial charge in [-0.3, -0.25) is 9.97 Å². The first-order valence-electron chi connectivity index (χ1n) is 5.17. The van der Waals surface area contributed by atoms with E-state index in [-0.39, 0.29) is 0 Å². The highest BCUT2D eigenvalue weighted by molar-refractivity contribution is 8.76. The first-order chi connectivity index (χ1) is 8.83. The lowest BCUT2D eigenvalue weighted by Gasteiger charge is -2.04. The molecule has 2 rings (SSSR count). The number of hydrogen-bond acceptors (Lipinski definition) is 6. The highest BCUT2D eigenvalue weighted by atomic mass is 33.1. The third kappa shape index (κ3) is 3.85. The van der Waals surface area contributed by atoms with E-state index < -0.39 is 0 Å². The zero-order valence-corrected chi connectivity index (χ0v) is 13.3. The van der Waals surface area contributed by atoms with Gasteiger partial charge in [-0.25, -0.2) is 0 Å². The van der Waals surface area contributed by atoms with E-state index in [1.165, 1.54) is 9.79 Å². The quantitative estimate of drug-likeness (QED) is 0.730. The van der Waals surface area contributed by atoms with Gasteiger partial charge >= 0.3 is 0 Å². The standard InChI is InChI=1S/C12H12N2S4/c1-15-17-9-3-5-13-11(7-9)12-8-10(18-16-2)4-6-14-12/h3-8H,1-2H3. The Hall–Kier alpha value is -0.300. The third-order valence-corrected chi connectivity index (χ3v) is 5.47. The maximum Gasteiger partial charge on any atom is 0.0897 e. The van der Waals surface area contributed by atoms with Crippen LogP contribution < -0.4 is 0 Å². The maximum absolute atomic E-state index is 4.39. The van der Waals surface area contributed by atoms with Crippen LogP contribution in [-0.2, 0) is 0 Å². The van der Waals surface area contributed by atoms with Gasteiger partial charge in [-0.15, -0.1) is 0 Å². The van der Waals surface area contributed by atoms with Gasteiger partial charge in [0.2, 0.25) is 0 Å². The molecule has 0 radical (unpaired) electrons. The molecule has 0 aromatic carbocycles. The Morgan fingerprint density at radius 1 is 0.778 bits per heavy atom. The molecule has 2 heterocycles. The normalized spacial score (nSPS) is 10.6. The molecule has 0 aliphatic carbocycles. The van der Waals surface area contributed by atoms with Gasteiger partial charge in [-0.1, -0.05) is 43.2 Å². The molecule has 0 saturated heterocycles. The summed E-state index contributed by atoms with van der Waals surface area (Å²) in [6.45, 7) is 0. The van der Waals surface area contributed by atoms with Crippen molar-refractivity contribution < 1.29 is 0 Å². The summed E-state index contributed by atoms with van der Waals surface area (Å²) in [6.07, 6.45) is 7.81. The molecule has 18 heavy (non-hydrogen) atoms. The predicted molar refractivity (Wildman–Crippen MR) is 86.2 cm³/mol. The lowest BCUT2D eigenvalue weighted by molar-refractivity contribution is 1.19. The summed E-state index contributed by atoms with van der Waals surface area (Å²) in [4.78, 5) is 11.2. The summed E-state index contributed by atoms with van der Waals surface area (Å²) >= 11 is 0. The van der Waals surface area contributed by atoms with Crippen LogP contribution >= 0.6 is 43.2 Å². The average molecular weight is 313 g/mol. The lowest BCUT2D eigenvalue weighted by Crippen LogP contribution is -1.87. The molecule has 0 saturated carbocycles. The predicted octanol–water partition coefficient (Wildman–Crippen LogP) is 4.88. The zero-order chi connectivity index (χ0) is 12.8. The molecule has 0 unspecified atom stereocenters. The highest BCUT2D eigenvalue weighted by Gasteiger charge is 2.04. The van der Waals surface area contributed by atoms with Gasteiger partial charge in [0.25, 0.3) is 0 Å². The fraction of sp³-hybridized carbons (Fsp3) is 0.167. The second kappa shape index (κ2) is 7.33. The maximum atomic E-state index is 4.39. The Kier molecular flexibility index (Phi) is 5.75. The molecule has 0 aliphatic heterocycles. The molecule has 94 valence electrons. The molecule has 0 atom stereocenters. The van der Waals surface area contributed by atoms with E-state index in [1.54, 1.807) is 43.2 Å². The molecule has 0 N–H and O–H groups in total. The van der Waals surface area contributed by atoms with Gasteiger partial charge in [0.15, 0.2) is 0 Å². The van der Waals surface area contributed by atoms with Crippen molar-refractivity contribution in [3.05, 3.63) is 36.7 Å². The fourth-order valence-corrected chi connectivity index (χ4v) is 4.11. The van der Waals surface area contributed by atoms with Crippen molar-refractivity contribution in [1.82, 2.24) is 9.97 Å². The molecule has 2 aromatic heterocycles. The number of nitrogens with zero attached hydrogens (tertiary/aromatic N) is 2. The van der Waals surface area contributed by atoms with Crippen LogP contribution in [0.5, 0.6) is 0 Å². The summed E-state index contributed by atoms with van der Waals surface area (Å²) in [5.41, 5.74) is 1.86. The van der Waals surface area contributed by atoms with Gasteiger partial charge in [0, 0.05) is 22.2 Å². The SMILES string of the molecule is CSSc1ccnc(-c2cc(SSC)ccn2)c1. The first kappa shape index (κ1) is 14.1. The second-order valence-electron chi connectivity index (χ2n) is 3.25. The monoisotopic (exact) mass is 312 g/mol. The van der Waals surface area contributed by atoms with E-state index in [9.17, 15) is 0 Å². The Balaban J connectivity index is 2.29. The molecule has 0 aliphatic rings. The number of aromatic nitrogens is 2. The van der Waals surface area contributed by atoms with E-state index in [4.69, 9.17) is 0 Å². The molecule has 0 amide bonds. The Labute approximate surface area is 123 Å². The largest absolute Gasteiger partial charge is 0.255 e. The molecule has 0 spiro atoms. The second-order valence-corrected chi connectivity index (χ2v) is 8.20. The fourth-order valence-electron chi connectivity index (χ4n) is 1.40. The van der Waals surface area contributed by atoms with Crippen LogP contribution in [0, 0.1) is 0 Å². The Bertz CT molecular complexity index is 471. The topological polar surface area (TPSA) is 25.8 Å². The van der Waals surface area contributed by atoms with Crippen LogP contribution in [0.2, 0.25) is 0 Å². The van der Waals surface area contributed by atoms with E-state index in [0.717, 1.165) is 11.4 Å². The number of hydrogen-bond donors (Lipinski definition) is 0. The molecule has 2 nitrogen and oxygen atoms in total. The number of pyridine rings is 2. The summed E-state index contributed by atoms with van der Waals surface area (Å²) in [5, 5.41) is 0. The molecule has 2 aromatic rings. The Morgan fingerprint density at radius 2 is 1.22 bits per heavy atom. The van der Waals surface area contributed by atoms with Crippen molar-refractivity contribution in [2.45, 2.75) is 9.79 Å². The third-order valence-electron chi connectivity index (χ3n) is 2.08. The van der Waals surface area contributed by atoms with Crippen molar-refractivity contribution in [2.75, 3.05) is 12.5 Å². The first-order valence-corrected chi connectivity index (χ1v) is 10.3. The van der Waals surface area contributed by atoms with Crippen molar-refractivity contribution in [1.29, 1.82) is 0 Å². The summed E-state index contributed by atoms with van der Waals surface area (Å²) in [5.74, 6) is 0. The lowest BCUT2D eigenvalue weighted by atomic mass is 10.2. The highest BCUT2D eigenvalue weighted by Crippen LogP contribution is 2.32. The van der Waals surface area contributed by atoms with Gasteiger partial charge in [-0.05, 0) is 36.8 Å². The van der Waals surface area contributed by atoms with Crippen LogP contribution in [0.4, 0.5) is 0 Å². The van der Waals surface area contributed by atoms with Gasteiger partial charge in [0.05, 0.1) is 11.4 Å². The minimum absolute atomic E-state index is 0.928. The van der Waals surface area contributed by atoms with Crippen LogP contribution in [0.25, 0.3) is 11.4 Å². The van der Waals surface area contributed by atoms with Gasteiger partial charge in [0.1, 0.15) is 0 Å². The van der Waals surface area contributed by atoms with E-state index in [1.807, 2.05) is 24.5 Å². The number of rotatable bonds is 5. The molecule has 0 fully saturated rings. The van der Waals surface area contributed by atoms with Crippen molar-refractivity contribution in [3.8, 4) is 11.4 Å². The van der Waals surface area contributed by atoms with Crippen molar-refractivity contribution >= 4 is 43.2 Å². The van der Waals surface area contributed by atoms with E-state index in [0.29, 0.717) is 0 Å². The molecule has 6 heteroatoms. The average Bonchev–Trinajstić information content (AvgIpc) is 2.40. The molecule has 0 bridgehead atoms. The summed E-state index contributed by atoms with van der Waals surface area (Å²) in [6, 6.07) is 8.20. The van der Waals surface area contributed by atoms with Crippen LogP contribution in [0.3, 0.4) is 0 Å². The summed E-state index contributed by atoms with van der Waals surface area (Å²) < 4.78 is 0. The van der Waals surface area contributed by atoms with Crippen LogP contribution in [0.15, 0.2) is 46.5 Å². The van der Waals surface area contributed by atoms with Crippen LogP contribution in [-0.4, -0.2) is 22.5 Å². The zero-order valence-electron chi connectivity index (χ0n) is 9.99. The van der Waals surface area contributed by atoms with E-state index in [2.05, 4.69) is 34.6 Å². The molecular formula is C12H12N2S4. The Morgan fingerprint density at radius 3 is 1.61 bits per heavy atom. The van der Waals surface area contributed by atoms with Gasteiger partial charge < -0.3 is 0 Å². The van der Waals surface area contributed by atoms with Crippen molar-refractivity contribution in [3.63, 3.8) is 0 Å². The minimum atomic E-state index is 0.928. The minimum Gasteiger partial charge on any atom is -0.255 e. The van der Waals surface area contributed by atoms with Gasteiger partial charge in [-0.2, -0.15) is 0 Å².